The predicted molar refractivity (Wildman–Crippen MR) is 77.4 cm³/mol. The topological polar surface area (TPSA) is 43.8 Å². The number of carbonyl (C=O) groups excluding carboxylic acids is 1. The molecule has 0 radical (unpaired) electrons. The second-order valence-corrected chi connectivity index (χ2v) is 5.14. The fraction of sp³-hybridized carbons (Fsp3) is 0.500. The molecule has 0 unspecified atom stereocenters. The van der Waals surface area contributed by atoms with Crippen LogP contribution in [0.4, 0.5) is 0 Å². The van der Waals surface area contributed by atoms with E-state index >= 15 is 0 Å². The van der Waals surface area contributed by atoms with Crippen LogP contribution in [0.15, 0.2) is 18.2 Å². The summed E-state index contributed by atoms with van der Waals surface area (Å²) in [4.78, 5) is 15.3. The van der Waals surface area contributed by atoms with Crippen molar-refractivity contribution in [3.63, 3.8) is 0 Å². The highest BCUT2D eigenvalue weighted by atomic mass is 35.5. The molecule has 0 spiro atoms. The molecule has 0 atom stereocenters. The molecule has 1 rings (SSSR count). The molecular weight excluding hydrogens is 264 g/mol. The van der Waals surface area contributed by atoms with Crippen LogP contribution in [-0.2, 0) is 11.3 Å². The van der Waals surface area contributed by atoms with Gasteiger partial charge in [-0.05, 0) is 25.1 Å². The van der Waals surface area contributed by atoms with Crippen molar-refractivity contribution in [1.82, 2.24) is 9.80 Å². The number of hydrogen-bond acceptors (Lipinski definition) is 3. The van der Waals surface area contributed by atoms with Gasteiger partial charge in [-0.15, -0.1) is 0 Å². The summed E-state index contributed by atoms with van der Waals surface area (Å²) in [6, 6.07) is 5.06. The smallest absolute Gasteiger partial charge is 0.236 e. The summed E-state index contributed by atoms with van der Waals surface area (Å²) in [5.41, 5.74) is 0.671. The second kappa shape index (κ2) is 7.36. The molecule has 0 aliphatic carbocycles. The van der Waals surface area contributed by atoms with E-state index in [1.165, 1.54) is 0 Å². The number of amides is 1. The highest BCUT2D eigenvalue weighted by Gasteiger charge is 2.15. The summed E-state index contributed by atoms with van der Waals surface area (Å²) in [5.74, 6) is 0.214. The molecule has 19 heavy (non-hydrogen) atoms. The average Bonchev–Trinajstić information content (AvgIpc) is 2.34. The lowest BCUT2D eigenvalue weighted by molar-refractivity contribution is -0.130. The number of rotatable bonds is 6. The number of carbonyl (C=O) groups is 1. The van der Waals surface area contributed by atoms with Gasteiger partial charge < -0.3 is 10.0 Å². The van der Waals surface area contributed by atoms with E-state index in [9.17, 15) is 9.90 Å². The molecule has 0 aliphatic heterocycles. The summed E-state index contributed by atoms with van der Waals surface area (Å²) in [6.07, 6.45) is 0.936. The minimum atomic E-state index is 0.0417. The van der Waals surface area contributed by atoms with Crippen LogP contribution in [0.2, 0.25) is 5.02 Å². The molecule has 106 valence electrons. The van der Waals surface area contributed by atoms with E-state index < -0.39 is 0 Å². The Hall–Kier alpha value is -1.26. The van der Waals surface area contributed by atoms with E-state index in [1.807, 2.05) is 4.90 Å². The number of phenolic OH excluding ortho intramolecular Hbond substituents is 1. The maximum atomic E-state index is 11.8. The van der Waals surface area contributed by atoms with Crippen LogP contribution in [0.3, 0.4) is 0 Å². The number of hydrogen-bond donors (Lipinski definition) is 1. The Morgan fingerprint density at radius 3 is 2.58 bits per heavy atom. The molecule has 1 N–H and O–H groups in total. The monoisotopic (exact) mass is 284 g/mol. The average molecular weight is 285 g/mol. The lowest BCUT2D eigenvalue weighted by Crippen LogP contribution is -2.36. The van der Waals surface area contributed by atoms with Crippen LogP contribution >= 0.6 is 11.6 Å². The highest BCUT2D eigenvalue weighted by molar-refractivity contribution is 6.31. The van der Waals surface area contributed by atoms with E-state index in [-0.39, 0.29) is 11.7 Å². The molecular formula is C14H21ClN2O2. The van der Waals surface area contributed by atoms with E-state index in [0.29, 0.717) is 23.7 Å². The molecule has 0 heterocycles. The molecule has 0 fully saturated rings. The van der Waals surface area contributed by atoms with Crippen LogP contribution in [0.5, 0.6) is 5.75 Å². The number of phenols is 1. The van der Waals surface area contributed by atoms with E-state index in [1.54, 1.807) is 37.2 Å². The molecule has 0 aromatic heterocycles. The van der Waals surface area contributed by atoms with Crippen molar-refractivity contribution in [1.29, 1.82) is 0 Å². The van der Waals surface area contributed by atoms with E-state index in [4.69, 9.17) is 11.6 Å². The third-order valence-corrected chi connectivity index (χ3v) is 3.23. The van der Waals surface area contributed by atoms with Crippen molar-refractivity contribution < 1.29 is 9.90 Å². The minimum absolute atomic E-state index is 0.0417. The molecule has 1 aromatic rings. The van der Waals surface area contributed by atoms with Crippen molar-refractivity contribution in [2.24, 2.45) is 0 Å². The van der Waals surface area contributed by atoms with Crippen molar-refractivity contribution >= 4 is 17.5 Å². The third kappa shape index (κ3) is 4.73. The highest BCUT2D eigenvalue weighted by Crippen LogP contribution is 2.26. The summed E-state index contributed by atoms with van der Waals surface area (Å²) < 4.78 is 0. The summed E-state index contributed by atoms with van der Waals surface area (Å²) >= 11 is 6.09. The number of nitrogens with zero attached hydrogens (tertiary/aromatic N) is 2. The van der Waals surface area contributed by atoms with Gasteiger partial charge in [0.05, 0.1) is 6.54 Å². The maximum absolute atomic E-state index is 11.8. The molecule has 0 saturated heterocycles. The molecule has 1 amide bonds. The maximum Gasteiger partial charge on any atom is 0.236 e. The first kappa shape index (κ1) is 15.8. The van der Waals surface area contributed by atoms with E-state index in [2.05, 4.69) is 6.92 Å². The Kier molecular flexibility index (Phi) is 6.12. The Balaban J connectivity index is 2.81. The number of halogens is 1. The first-order chi connectivity index (χ1) is 8.95. The van der Waals surface area contributed by atoms with Crippen molar-refractivity contribution in [2.45, 2.75) is 19.9 Å². The Morgan fingerprint density at radius 1 is 1.37 bits per heavy atom. The zero-order valence-corrected chi connectivity index (χ0v) is 12.4. The molecule has 0 saturated carbocycles. The van der Waals surface area contributed by atoms with Crippen molar-refractivity contribution in [3.8, 4) is 5.75 Å². The van der Waals surface area contributed by atoms with Crippen molar-refractivity contribution in [2.75, 3.05) is 27.2 Å². The van der Waals surface area contributed by atoms with Crippen LogP contribution in [0.25, 0.3) is 0 Å². The van der Waals surface area contributed by atoms with Gasteiger partial charge in [-0.1, -0.05) is 24.6 Å². The third-order valence-electron chi connectivity index (χ3n) is 2.87. The van der Waals surface area contributed by atoms with Crippen molar-refractivity contribution in [3.05, 3.63) is 28.8 Å². The fourth-order valence-corrected chi connectivity index (χ4v) is 2.02. The van der Waals surface area contributed by atoms with Gasteiger partial charge >= 0.3 is 0 Å². The first-order valence-corrected chi connectivity index (χ1v) is 6.72. The summed E-state index contributed by atoms with van der Waals surface area (Å²) in [6.45, 7) is 3.63. The molecule has 1 aromatic carbocycles. The number of likely N-dealkylation sites (N-methyl/N-ethyl adjacent to an activating group) is 1. The van der Waals surface area contributed by atoms with Gasteiger partial charge in [-0.25, -0.2) is 0 Å². The van der Waals surface area contributed by atoms with E-state index in [0.717, 1.165) is 13.0 Å². The van der Waals surface area contributed by atoms with Gasteiger partial charge in [-0.2, -0.15) is 0 Å². The van der Waals surface area contributed by atoms with Crippen LogP contribution in [-0.4, -0.2) is 48.0 Å². The van der Waals surface area contributed by atoms with Gasteiger partial charge in [0.2, 0.25) is 5.91 Å². The number of aromatic hydroxyl groups is 1. The number of benzene rings is 1. The molecule has 4 nitrogen and oxygen atoms in total. The van der Waals surface area contributed by atoms with Crippen LogP contribution < -0.4 is 0 Å². The fourth-order valence-electron chi connectivity index (χ4n) is 1.79. The Bertz CT molecular complexity index is 415. The second-order valence-electron chi connectivity index (χ2n) is 4.74. The van der Waals surface area contributed by atoms with Gasteiger partial charge in [0, 0.05) is 31.2 Å². The predicted octanol–water partition coefficient (Wildman–Crippen LogP) is 2.35. The van der Waals surface area contributed by atoms with Gasteiger partial charge in [0.15, 0.2) is 0 Å². The Labute approximate surface area is 119 Å². The van der Waals surface area contributed by atoms with Crippen LogP contribution in [0, 0.1) is 0 Å². The SMILES string of the molecule is CCCN(CC(=O)N(C)C)Cc1c(O)cccc1Cl. The normalized spacial score (nSPS) is 10.8. The van der Waals surface area contributed by atoms with Gasteiger partial charge in [0.1, 0.15) is 5.75 Å². The largest absolute Gasteiger partial charge is 0.508 e. The van der Waals surface area contributed by atoms with Gasteiger partial charge in [-0.3, -0.25) is 9.69 Å². The Morgan fingerprint density at radius 2 is 2.05 bits per heavy atom. The van der Waals surface area contributed by atoms with Crippen LogP contribution in [0.1, 0.15) is 18.9 Å². The standard InChI is InChI=1S/C14H21ClN2O2/c1-4-8-17(10-14(19)16(2)3)9-11-12(15)6-5-7-13(11)18/h5-7,18H,4,8-10H2,1-3H3. The summed E-state index contributed by atoms with van der Waals surface area (Å²) in [7, 11) is 3.47. The molecule has 5 heteroatoms. The molecule has 0 aliphatic rings. The first-order valence-electron chi connectivity index (χ1n) is 6.34. The molecule has 0 bridgehead atoms. The van der Waals surface area contributed by atoms with Gasteiger partial charge in [0.25, 0.3) is 0 Å². The zero-order chi connectivity index (χ0) is 14.4. The minimum Gasteiger partial charge on any atom is -0.508 e. The lowest BCUT2D eigenvalue weighted by Gasteiger charge is -2.23. The lowest BCUT2D eigenvalue weighted by atomic mass is 10.2. The summed E-state index contributed by atoms with van der Waals surface area (Å²) in [5, 5.41) is 10.4. The quantitative estimate of drug-likeness (QED) is 0.872. The zero-order valence-electron chi connectivity index (χ0n) is 11.7.